The minimum atomic E-state index is -4.46. The van der Waals surface area contributed by atoms with Crippen LogP contribution in [0.5, 0.6) is 0 Å². The average molecular weight is 243 g/mol. The molecule has 3 nitrogen and oxygen atoms in total. The van der Waals surface area contributed by atoms with E-state index in [1.165, 1.54) is 6.20 Å². The second kappa shape index (κ2) is 4.37. The van der Waals surface area contributed by atoms with Crippen molar-refractivity contribution in [1.82, 2.24) is 10.3 Å². The second-order valence-corrected chi connectivity index (χ2v) is 3.87. The first-order valence-corrected chi connectivity index (χ1v) is 5.19. The van der Waals surface area contributed by atoms with Gasteiger partial charge in [0, 0.05) is 18.8 Å². The molecule has 0 aliphatic carbocycles. The topological polar surface area (TPSA) is 50.9 Å². The fraction of sp³-hybridized carbons (Fsp3) is 0.364. The summed E-state index contributed by atoms with van der Waals surface area (Å²) in [6.07, 6.45) is 1.46. The van der Waals surface area contributed by atoms with Crippen LogP contribution in [0.15, 0.2) is 24.4 Å². The van der Waals surface area contributed by atoms with Gasteiger partial charge in [0.2, 0.25) is 0 Å². The summed E-state index contributed by atoms with van der Waals surface area (Å²) in [5, 5.41) is 3.10. The van der Waals surface area contributed by atoms with Crippen LogP contribution in [-0.2, 0) is 6.18 Å². The molecule has 0 radical (unpaired) electrons. The van der Waals surface area contributed by atoms with E-state index in [4.69, 9.17) is 5.73 Å². The molecule has 92 valence electrons. The molecule has 3 N–H and O–H groups in total. The summed E-state index contributed by atoms with van der Waals surface area (Å²) >= 11 is 0. The van der Waals surface area contributed by atoms with Crippen LogP contribution in [0, 0.1) is 0 Å². The Morgan fingerprint density at radius 1 is 1.35 bits per heavy atom. The molecule has 1 atom stereocenters. The van der Waals surface area contributed by atoms with Gasteiger partial charge in [0.25, 0.3) is 0 Å². The molecule has 0 amide bonds. The Labute approximate surface area is 96.5 Å². The van der Waals surface area contributed by atoms with Crippen LogP contribution in [0.4, 0.5) is 19.0 Å². The highest BCUT2D eigenvalue weighted by Crippen LogP contribution is 2.34. The Hall–Kier alpha value is -1.56. The first kappa shape index (κ1) is 11.9. The zero-order valence-electron chi connectivity index (χ0n) is 8.96. The lowest BCUT2D eigenvalue weighted by Crippen LogP contribution is -2.24. The number of nitrogens with zero attached hydrogens (tertiary/aromatic N) is 1. The Morgan fingerprint density at radius 2 is 2.12 bits per heavy atom. The minimum absolute atomic E-state index is 0.130. The number of hydrogen-bond donors (Lipinski definition) is 2. The molecule has 1 aromatic rings. The summed E-state index contributed by atoms with van der Waals surface area (Å²) in [7, 11) is 0. The van der Waals surface area contributed by atoms with E-state index in [1.807, 2.05) is 12.2 Å². The van der Waals surface area contributed by atoms with Crippen LogP contribution >= 0.6 is 0 Å². The van der Waals surface area contributed by atoms with Crippen LogP contribution in [-0.4, -0.2) is 11.5 Å². The summed E-state index contributed by atoms with van der Waals surface area (Å²) in [5.41, 5.74) is 4.88. The molecule has 1 aromatic heterocycles. The molecule has 0 saturated carbocycles. The van der Waals surface area contributed by atoms with Crippen molar-refractivity contribution in [3.05, 3.63) is 35.5 Å². The highest BCUT2D eigenvalue weighted by atomic mass is 19.4. The van der Waals surface area contributed by atoms with Crippen LogP contribution in [0.1, 0.15) is 23.6 Å². The molecule has 2 rings (SSSR count). The maximum atomic E-state index is 12.6. The first-order chi connectivity index (χ1) is 7.98. The van der Waals surface area contributed by atoms with Gasteiger partial charge >= 0.3 is 6.18 Å². The number of nitrogens with one attached hydrogen (secondary N) is 1. The summed E-state index contributed by atoms with van der Waals surface area (Å²) < 4.78 is 37.9. The fourth-order valence-corrected chi connectivity index (χ4v) is 1.77. The van der Waals surface area contributed by atoms with E-state index in [0.717, 1.165) is 6.07 Å². The Morgan fingerprint density at radius 3 is 2.71 bits per heavy atom. The first-order valence-electron chi connectivity index (χ1n) is 5.19. The van der Waals surface area contributed by atoms with E-state index in [1.54, 1.807) is 0 Å². The normalized spacial score (nSPS) is 20.5. The Balaban J connectivity index is 2.34. The Bertz CT molecular complexity index is 440. The predicted molar refractivity (Wildman–Crippen MR) is 58.2 cm³/mol. The van der Waals surface area contributed by atoms with Gasteiger partial charge in [-0.25, -0.2) is 4.98 Å². The van der Waals surface area contributed by atoms with Gasteiger partial charge in [0.15, 0.2) is 0 Å². The molecule has 6 heteroatoms. The molecule has 0 aromatic carbocycles. The van der Waals surface area contributed by atoms with Crippen LogP contribution < -0.4 is 11.1 Å². The van der Waals surface area contributed by atoms with Crippen molar-refractivity contribution in [2.75, 3.05) is 12.3 Å². The summed E-state index contributed by atoms with van der Waals surface area (Å²) in [4.78, 5) is 3.61. The Kier molecular flexibility index (Phi) is 3.06. The number of nitrogens with two attached hydrogens (primary N) is 1. The van der Waals surface area contributed by atoms with Crippen molar-refractivity contribution in [2.24, 2.45) is 0 Å². The fourth-order valence-electron chi connectivity index (χ4n) is 1.77. The van der Waals surface area contributed by atoms with E-state index in [0.29, 0.717) is 18.5 Å². The van der Waals surface area contributed by atoms with E-state index < -0.39 is 17.6 Å². The molecular formula is C11H12F3N3. The number of halogens is 3. The molecular weight excluding hydrogens is 231 g/mol. The van der Waals surface area contributed by atoms with Crippen LogP contribution in [0.25, 0.3) is 0 Å². The SMILES string of the molecule is Nc1ncc(C2CC=CCN2)cc1C(F)(F)F. The molecule has 1 aliphatic heterocycles. The molecule has 1 unspecified atom stereocenters. The summed E-state index contributed by atoms with van der Waals surface area (Å²) in [6.45, 7) is 0.649. The molecule has 0 bridgehead atoms. The molecule has 2 heterocycles. The van der Waals surface area contributed by atoms with Gasteiger partial charge in [-0.3, -0.25) is 0 Å². The molecule has 1 aliphatic rings. The maximum Gasteiger partial charge on any atom is 0.419 e. The van der Waals surface area contributed by atoms with Gasteiger partial charge in [0.05, 0.1) is 5.56 Å². The zero-order chi connectivity index (χ0) is 12.5. The molecule has 0 saturated heterocycles. The van der Waals surface area contributed by atoms with Crippen LogP contribution in [0.2, 0.25) is 0 Å². The lowest BCUT2D eigenvalue weighted by Gasteiger charge is -2.21. The van der Waals surface area contributed by atoms with Crippen molar-refractivity contribution in [3.63, 3.8) is 0 Å². The van der Waals surface area contributed by atoms with Crippen molar-refractivity contribution in [2.45, 2.75) is 18.6 Å². The number of aromatic nitrogens is 1. The van der Waals surface area contributed by atoms with Gasteiger partial charge < -0.3 is 11.1 Å². The van der Waals surface area contributed by atoms with Crippen molar-refractivity contribution in [1.29, 1.82) is 0 Å². The lowest BCUT2D eigenvalue weighted by atomic mass is 10.0. The van der Waals surface area contributed by atoms with Gasteiger partial charge in [-0.2, -0.15) is 13.2 Å². The van der Waals surface area contributed by atoms with Gasteiger partial charge in [-0.05, 0) is 18.1 Å². The van der Waals surface area contributed by atoms with Crippen LogP contribution in [0.3, 0.4) is 0 Å². The third-order valence-electron chi connectivity index (χ3n) is 2.67. The molecule has 17 heavy (non-hydrogen) atoms. The van der Waals surface area contributed by atoms with Crippen molar-refractivity contribution >= 4 is 5.82 Å². The maximum absolute atomic E-state index is 12.6. The average Bonchev–Trinajstić information content (AvgIpc) is 2.29. The third-order valence-corrected chi connectivity index (χ3v) is 2.67. The monoisotopic (exact) mass is 243 g/mol. The second-order valence-electron chi connectivity index (χ2n) is 3.87. The van der Waals surface area contributed by atoms with Crippen molar-refractivity contribution < 1.29 is 13.2 Å². The molecule has 0 fully saturated rings. The highest BCUT2D eigenvalue weighted by molar-refractivity contribution is 5.43. The molecule has 0 spiro atoms. The summed E-state index contributed by atoms with van der Waals surface area (Å²) in [5.74, 6) is -0.479. The summed E-state index contributed by atoms with van der Waals surface area (Å²) in [6, 6.07) is 0.938. The standard InChI is InChI=1S/C11H12F3N3/c12-11(13,14)8-5-7(6-17-10(8)15)9-3-1-2-4-16-9/h1-2,5-6,9,16H,3-4H2,(H2,15,17). The number of alkyl halides is 3. The highest BCUT2D eigenvalue weighted by Gasteiger charge is 2.34. The van der Waals surface area contributed by atoms with E-state index in [-0.39, 0.29) is 6.04 Å². The van der Waals surface area contributed by atoms with Gasteiger partial charge in [-0.15, -0.1) is 0 Å². The number of hydrogen-bond acceptors (Lipinski definition) is 3. The van der Waals surface area contributed by atoms with Crippen molar-refractivity contribution in [3.8, 4) is 0 Å². The number of nitrogen functional groups attached to an aromatic ring is 1. The van der Waals surface area contributed by atoms with E-state index in [9.17, 15) is 13.2 Å². The number of pyridine rings is 1. The largest absolute Gasteiger partial charge is 0.419 e. The lowest BCUT2D eigenvalue weighted by molar-refractivity contribution is -0.137. The number of rotatable bonds is 1. The van der Waals surface area contributed by atoms with E-state index >= 15 is 0 Å². The predicted octanol–water partition coefficient (Wildman–Crippen LogP) is 2.27. The smallest absolute Gasteiger partial charge is 0.383 e. The van der Waals surface area contributed by atoms with E-state index in [2.05, 4.69) is 10.3 Å². The number of anilines is 1. The van der Waals surface area contributed by atoms with Gasteiger partial charge in [-0.1, -0.05) is 12.2 Å². The quantitative estimate of drug-likeness (QED) is 0.744. The third kappa shape index (κ3) is 2.58. The van der Waals surface area contributed by atoms with Gasteiger partial charge in [0.1, 0.15) is 5.82 Å². The minimum Gasteiger partial charge on any atom is -0.383 e. The zero-order valence-corrected chi connectivity index (χ0v) is 8.96.